The van der Waals surface area contributed by atoms with E-state index >= 15 is 0 Å². The van der Waals surface area contributed by atoms with Gasteiger partial charge in [0.2, 0.25) is 5.69 Å². The normalized spacial score (nSPS) is 10.7. The largest absolute Gasteiger partial charge is 0.388 e. The molecular formula is C8H14N3O4+. The molecule has 1 aromatic heterocycles. The standard InChI is InChI=1S/C8H13N3O4/c1-5(2)3-9-8(13)7-6(4-12)10-15-11(7)14/h5,12H,3-4H2,1-2H3,(H-,9,10,13,14)/p+1. The molecule has 0 fully saturated rings. The lowest BCUT2D eigenvalue weighted by atomic mass is 10.2. The summed E-state index contributed by atoms with van der Waals surface area (Å²) in [5.41, 5.74) is -0.176. The Morgan fingerprint density at radius 2 is 2.33 bits per heavy atom. The van der Waals surface area contributed by atoms with E-state index in [1.54, 1.807) is 0 Å². The van der Waals surface area contributed by atoms with Crippen LogP contribution in [0.25, 0.3) is 0 Å². The molecule has 0 aliphatic carbocycles. The Balaban J connectivity index is 2.81. The van der Waals surface area contributed by atoms with Crippen LogP contribution < -0.4 is 9.92 Å². The van der Waals surface area contributed by atoms with Crippen LogP contribution in [0.4, 0.5) is 0 Å². The Morgan fingerprint density at radius 1 is 1.67 bits per heavy atom. The number of amides is 1. The molecule has 7 heteroatoms. The number of aliphatic hydroxyl groups excluding tert-OH is 1. The van der Waals surface area contributed by atoms with Crippen molar-refractivity contribution in [2.75, 3.05) is 6.54 Å². The molecule has 0 radical (unpaired) electrons. The SMILES string of the molecule is CC(C)CNC(=O)c1c(CO)[nH]o[n+]1=O. The van der Waals surface area contributed by atoms with Gasteiger partial charge >= 0.3 is 11.6 Å². The Kier molecular flexibility index (Phi) is 3.62. The van der Waals surface area contributed by atoms with Crippen molar-refractivity contribution < 1.29 is 19.1 Å². The maximum atomic E-state index is 11.5. The molecular weight excluding hydrogens is 202 g/mol. The smallest absolute Gasteiger partial charge is 0.334 e. The number of carbonyl (C=O) groups excluding carboxylic acids is 1. The summed E-state index contributed by atoms with van der Waals surface area (Å²) in [4.78, 5) is 22.5. The van der Waals surface area contributed by atoms with Gasteiger partial charge in [0.1, 0.15) is 6.61 Å². The minimum Gasteiger partial charge on any atom is -0.388 e. The molecule has 1 rings (SSSR count). The maximum Gasteiger partial charge on any atom is 0.334 e. The number of nitrogens with one attached hydrogen (secondary N) is 2. The number of carbonyl (C=O) groups is 1. The fraction of sp³-hybridized carbons (Fsp3) is 0.625. The van der Waals surface area contributed by atoms with E-state index in [4.69, 9.17) is 5.11 Å². The lowest BCUT2D eigenvalue weighted by molar-refractivity contribution is -0.714. The molecule has 0 aliphatic rings. The van der Waals surface area contributed by atoms with Crippen LogP contribution in [0.2, 0.25) is 0 Å². The fourth-order valence-electron chi connectivity index (χ4n) is 1.01. The molecule has 0 saturated heterocycles. The van der Waals surface area contributed by atoms with Gasteiger partial charge in [-0.25, -0.2) is 0 Å². The van der Waals surface area contributed by atoms with E-state index in [2.05, 4.69) is 15.1 Å². The second-order valence-corrected chi connectivity index (χ2v) is 3.54. The molecule has 0 atom stereocenters. The highest BCUT2D eigenvalue weighted by atomic mass is 16.7. The van der Waals surface area contributed by atoms with Crippen molar-refractivity contribution in [3.63, 3.8) is 0 Å². The van der Waals surface area contributed by atoms with Gasteiger partial charge in [0.15, 0.2) is 4.60 Å². The average molecular weight is 216 g/mol. The Hall–Kier alpha value is -1.63. The van der Waals surface area contributed by atoms with Crippen molar-refractivity contribution in [1.82, 2.24) is 10.5 Å². The first-order valence-corrected chi connectivity index (χ1v) is 4.58. The molecule has 15 heavy (non-hydrogen) atoms. The Labute approximate surface area is 85.6 Å². The van der Waals surface area contributed by atoms with Crippen molar-refractivity contribution in [1.29, 1.82) is 0 Å². The third kappa shape index (κ3) is 2.66. The van der Waals surface area contributed by atoms with Crippen molar-refractivity contribution >= 4 is 5.91 Å². The zero-order chi connectivity index (χ0) is 11.4. The van der Waals surface area contributed by atoms with E-state index in [1.165, 1.54) is 0 Å². The molecule has 0 spiro atoms. The summed E-state index contributed by atoms with van der Waals surface area (Å²) in [6, 6.07) is 0. The second kappa shape index (κ2) is 4.74. The van der Waals surface area contributed by atoms with Crippen LogP contribution in [-0.2, 0) is 6.61 Å². The monoisotopic (exact) mass is 216 g/mol. The lowest BCUT2D eigenvalue weighted by Crippen LogP contribution is -2.34. The van der Waals surface area contributed by atoms with Crippen molar-refractivity contribution in [2.24, 2.45) is 5.92 Å². The number of hydrogen-bond donors (Lipinski definition) is 3. The number of hydrogen-bond acceptors (Lipinski definition) is 4. The summed E-state index contributed by atoms with van der Waals surface area (Å²) >= 11 is 0. The molecule has 1 aromatic rings. The molecule has 84 valence electrons. The van der Waals surface area contributed by atoms with Crippen LogP contribution in [0.3, 0.4) is 0 Å². The first kappa shape index (κ1) is 11.4. The third-order valence-electron chi connectivity index (χ3n) is 1.76. The second-order valence-electron chi connectivity index (χ2n) is 3.54. The predicted octanol–water partition coefficient (Wildman–Crippen LogP) is -0.600. The maximum absolute atomic E-state index is 11.5. The Morgan fingerprint density at radius 3 is 2.87 bits per heavy atom. The van der Waals surface area contributed by atoms with E-state index in [1.807, 2.05) is 13.8 Å². The van der Waals surface area contributed by atoms with E-state index < -0.39 is 12.5 Å². The number of rotatable bonds is 4. The molecule has 0 bridgehead atoms. The minimum absolute atomic E-state index is 0.0429. The highest BCUT2D eigenvalue weighted by Gasteiger charge is 2.26. The highest BCUT2D eigenvalue weighted by Crippen LogP contribution is 1.99. The van der Waals surface area contributed by atoms with Gasteiger partial charge < -0.3 is 10.4 Å². The first-order valence-electron chi connectivity index (χ1n) is 4.58. The van der Waals surface area contributed by atoms with Gasteiger partial charge in [0, 0.05) is 6.54 Å². The van der Waals surface area contributed by atoms with Crippen molar-refractivity contribution in [3.8, 4) is 0 Å². The minimum atomic E-state index is -0.562. The predicted molar refractivity (Wildman–Crippen MR) is 49.5 cm³/mol. The van der Waals surface area contributed by atoms with Gasteiger partial charge in [-0.3, -0.25) is 4.79 Å². The van der Waals surface area contributed by atoms with E-state index in [0.717, 1.165) is 0 Å². The number of nitrogens with zero attached hydrogens (tertiary/aromatic N) is 1. The van der Waals surface area contributed by atoms with Crippen LogP contribution in [0.15, 0.2) is 4.63 Å². The molecule has 0 aromatic carbocycles. The summed E-state index contributed by atoms with van der Waals surface area (Å²) < 4.78 is 4.37. The van der Waals surface area contributed by atoms with Gasteiger partial charge in [0.25, 0.3) is 0 Å². The topological polar surface area (TPSA) is 101 Å². The summed E-state index contributed by atoms with van der Waals surface area (Å²) in [7, 11) is 0. The molecule has 7 nitrogen and oxygen atoms in total. The number of aromatic nitrogens is 2. The fourth-order valence-corrected chi connectivity index (χ4v) is 1.01. The highest BCUT2D eigenvalue weighted by molar-refractivity contribution is 5.91. The van der Waals surface area contributed by atoms with Crippen molar-refractivity contribution in [3.05, 3.63) is 16.3 Å². The van der Waals surface area contributed by atoms with Crippen molar-refractivity contribution in [2.45, 2.75) is 20.5 Å². The first-order chi connectivity index (χ1) is 7.06. The van der Waals surface area contributed by atoms with Gasteiger partial charge in [-0.15, -0.1) is 0 Å². The lowest BCUT2D eigenvalue weighted by Gasteiger charge is -2.03. The van der Waals surface area contributed by atoms with Crippen LogP contribution in [0, 0.1) is 10.8 Å². The molecule has 1 heterocycles. The van der Waals surface area contributed by atoms with E-state index in [-0.39, 0.29) is 21.9 Å². The number of aliphatic hydroxyl groups is 1. The molecule has 0 unspecified atom stereocenters. The van der Waals surface area contributed by atoms with Crippen LogP contribution >= 0.6 is 0 Å². The third-order valence-corrected chi connectivity index (χ3v) is 1.76. The summed E-state index contributed by atoms with van der Waals surface area (Å²) in [6.45, 7) is 3.86. The molecule has 3 N–H and O–H groups in total. The summed E-state index contributed by atoms with van der Waals surface area (Å²) in [5, 5.41) is 13.5. The summed E-state index contributed by atoms with van der Waals surface area (Å²) in [5.74, 6) is -0.282. The molecule has 0 saturated carbocycles. The van der Waals surface area contributed by atoms with Gasteiger partial charge in [-0.05, 0) is 10.8 Å². The van der Waals surface area contributed by atoms with E-state index in [0.29, 0.717) is 6.54 Å². The Bertz CT molecular complexity index is 393. The van der Waals surface area contributed by atoms with Crippen LogP contribution in [0.5, 0.6) is 0 Å². The van der Waals surface area contributed by atoms with Gasteiger partial charge in [-0.1, -0.05) is 23.6 Å². The van der Waals surface area contributed by atoms with Gasteiger partial charge in [0.05, 0.1) is 0 Å². The average Bonchev–Trinajstić information content (AvgIpc) is 2.56. The molecule has 1 amide bonds. The van der Waals surface area contributed by atoms with Crippen LogP contribution in [0.1, 0.15) is 30.0 Å². The quantitative estimate of drug-likeness (QED) is 0.625. The number of aromatic amines is 1. The van der Waals surface area contributed by atoms with Crippen LogP contribution in [-0.4, -0.2) is 22.7 Å². The zero-order valence-corrected chi connectivity index (χ0v) is 8.61. The zero-order valence-electron chi connectivity index (χ0n) is 8.61. The number of H-pyrrole nitrogens is 1. The summed E-state index contributed by atoms with van der Waals surface area (Å²) in [6.07, 6.45) is 0. The van der Waals surface area contributed by atoms with E-state index in [9.17, 15) is 9.70 Å². The molecule has 0 aliphatic heterocycles. The van der Waals surface area contributed by atoms with Gasteiger partial charge in [-0.2, -0.15) is 0 Å².